The molecule has 10 heteroatoms. The predicted octanol–water partition coefficient (Wildman–Crippen LogP) is 1.13. The van der Waals surface area contributed by atoms with Gasteiger partial charge in [-0.2, -0.15) is 13.2 Å². The molecular weight excluding hydrogens is 315 g/mol. The van der Waals surface area contributed by atoms with E-state index in [9.17, 15) is 22.8 Å². The number of primary amides is 1. The van der Waals surface area contributed by atoms with Gasteiger partial charge in [-0.1, -0.05) is 0 Å². The fourth-order valence-electron chi connectivity index (χ4n) is 2.44. The fourth-order valence-corrected chi connectivity index (χ4v) is 2.44. The Morgan fingerprint density at radius 3 is 2.52 bits per heavy atom. The van der Waals surface area contributed by atoms with E-state index in [1.165, 1.54) is 15.9 Å². The summed E-state index contributed by atoms with van der Waals surface area (Å²) in [5.74, 6) is -1.92. The van der Waals surface area contributed by atoms with Crippen LogP contribution in [0.2, 0.25) is 0 Å². The van der Waals surface area contributed by atoms with Crippen LogP contribution in [0.1, 0.15) is 43.3 Å². The average Bonchev–Trinajstić information content (AvgIpc) is 2.95. The molecule has 7 nitrogen and oxygen atoms in total. The van der Waals surface area contributed by atoms with Crippen molar-refractivity contribution < 1.29 is 22.8 Å². The van der Waals surface area contributed by atoms with Crippen molar-refractivity contribution in [2.24, 2.45) is 11.1 Å². The van der Waals surface area contributed by atoms with Crippen molar-refractivity contribution >= 4 is 11.8 Å². The Labute approximate surface area is 130 Å². The number of carbonyl (C=O) groups is 2. The molecule has 1 atom stereocenters. The van der Waals surface area contributed by atoms with Crippen molar-refractivity contribution in [3.05, 3.63) is 12.2 Å². The summed E-state index contributed by atoms with van der Waals surface area (Å²) >= 11 is 0. The topological polar surface area (TPSA) is 94.1 Å². The first-order valence-electron chi connectivity index (χ1n) is 7.11. The molecule has 0 spiro atoms. The van der Waals surface area contributed by atoms with Gasteiger partial charge in [-0.3, -0.25) is 9.59 Å². The van der Waals surface area contributed by atoms with Gasteiger partial charge in [0.25, 0.3) is 5.91 Å². The molecule has 1 aliphatic rings. The summed E-state index contributed by atoms with van der Waals surface area (Å²) < 4.78 is 40.4. The van der Waals surface area contributed by atoms with Crippen molar-refractivity contribution in [3.63, 3.8) is 0 Å². The van der Waals surface area contributed by atoms with Gasteiger partial charge < -0.3 is 10.6 Å². The van der Waals surface area contributed by atoms with E-state index in [4.69, 9.17) is 5.73 Å². The highest BCUT2D eigenvalue weighted by Crippen LogP contribution is 2.40. The molecule has 23 heavy (non-hydrogen) atoms. The van der Waals surface area contributed by atoms with E-state index in [-0.39, 0.29) is 25.0 Å². The number of aromatic nitrogens is 3. The smallest absolute Gasteiger partial charge is 0.363 e. The second kappa shape index (κ2) is 5.82. The van der Waals surface area contributed by atoms with Crippen molar-refractivity contribution in [3.8, 4) is 0 Å². The molecule has 0 radical (unpaired) electrons. The van der Waals surface area contributed by atoms with E-state index < -0.39 is 23.4 Å². The number of halogens is 3. The summed E-state index contributed by atoms with van der Waals surface area (Å²) in [5.41, 5.74) is 2.62. The lowest BCUT2D eigenvalue weighted by molar-refractivity contribution is -0.218. The van der Waals surface area contributed by atoms with E-state index in [0.29, 0.717) is 12.8 Å². The quantitative estimate of drug-likeness (QED) is 0.897. The van der Waals surface area contributed by atoms with Gasteiger partial charge in [0.1, 0.15) is 11.7 Å². The highest BCUT2D eigenvalue weighted by Gasteiger charge is 2.54. The Hall–Kier alpha value is -2.13. The van der Waals surface area contributed by atoms with Gasteiger partial charge in [-0.25, -0.2) is 9.67 Å². The van der Waals surface area contributed by atoms with Crippen molar-refractivity contribution in [1.29, 1.82) is 0 Å². The van der Waals surface area contributed by atoms with Crippen LogP contribution in [0, 0.1) is 5.41 Å². The molecule has 1 aromatic rings. The zero-order chi connectivity index (χ0) is 17.4. The molecule has 1 unspecified atom stereocenters. The highest BCUT2D eigenvalue weighted by molar-refractivity contribution is 5.88. The number of hydrogen-bond donors (Lipinski definition) is 1. The number of nitrogens with zero attached hydrogens (tertiary/aromatic N) is 4. The first kappa shape index (κ1) is 17.2. The van der Waals surface area contributed by atoms with Crippen LogP contribution in [-0.2, 0) is 4.79 Å². The Kier molecular flexibility index (Phi) is 4.36. The maximum absolute atomic E-state index is 13.0. The minimum atomic E-state index is -4.62. The average molecular weight is 333 g/mol. The molecule has 1 aromatic heterocycles. The van der Waals surface area contributed by atoms with Crippen LogP contribution >= 0.6 is 0 Å². The monoisotopic (exact) mass is 333 g/mol. The normalized spacial score (nSPS) is 19.7. The molecule has 0 aromatic carbocycles. The van der Waals surface area contributed by atoms with Gasteiger partial charge in [0, 0.05) is 13.1 Å². The number of alkyl halides is 3. The summed E-state index contributed by atoms with van der Waals surface area (Å²) in [4.78, 5) is 28.2. The first-order valence-corrected chi connectivity index (χ1v) is 7.11. The largest absolute Gasteiger partial charge is 0.402 e. The van der Waals surface area contributed by atoms with E-state index in [2.05, 4.69) is 10.1 Å². The molecule has 1 aliphatic heterocycles. The number of nitrogens with two attached hydrogens (primary N) is 1. The van der Waals surface area contributed by atoms with Crippen molar-refractivity contribution in [2.75, 3.05) is 13.1 Å². The maximum Gasteiger partial charge on any atom is 0.402 e. The zero-order valence-electron chi connectivity index (χ0n) is 12.8. The molecule has 2 heterocycles. The van der Waals surface area contributed by atoms with Gasteiger partial charge in [-0.15, -0.1) is 5.10 Å². The summed E-state index contributed by atoms with van der Waals surface area (Å²) in [7, 11) is 0. The van der Waals surface area contributed by atoms with Gasteiger partial charge in [-0.05, 0) is 26.7 Å². The fraction of sp³-hybridized carbons (Fsp3) is 0.692. The minimum absolute atomic E-state index is 0.0832. The van der Waals surface area contributed by atoms with Crippen molar-refractivity contribution in [2.45, 2.75) is 38.9 Å². The second-order valence-electron chi connectivity index (χ2n) is 6.08. The number of rotatable bonds is 3. The summed E-state index contributed by atoms with van der Waals surface area (Å²) in [5, 5.41) is 3.91. The molecule has 1 fully saturated rings. The van der Waals surface area contributed by atoms with Gasteiger partial charge >= 0.3 is 6.18 Å². The van der Waals surface area contributed by atoms with E-state index >= 15 is 0 Å². The van der Waals surface area contributed by atoms with Gasteiger partial charge in [0.05, 0.1) is 6.04 Å². The van der Waals surface area contributed by atoms with Crippen LogP contribution in [-0.4, -0.2) is 50.7 Å². The molecule has 2 amide bonds. The lowest BCUT2D eigenvalue weighted by Crippen LogP contribution is -2.51. The minimum Gasteiger partial charge on any atom is -0.363 e. The summed E-state index contributed by atoms with van der Waals surface area (Å²) in [6.45, 7) is 2.09. The van der Waals surface area contributed by atoms with E-state index in [1.807, 2.05) is 0 Å². The third-order valence-corrected chi connectivity index (χ3v) is 4.03. The predicted molar refractivity (Wildman–Crippen MR) is 73.2 cm³/mol. The van der Waals surface area contributed by atoms with Crippen LogP contribution in [0.4, 0.5) is 13.2 Å². The molecule has 0 aliphatic carbocycles. The Morgan fingerprint density at radius 2 is 2.00 bits per heavy atom. The first-order chi connectivity index (χ1) is 10.5. The number of likely N-dealkylation sites (tertiary alicyclic amines) is 1. The molecular formula is C13H18F3N5O2. The third kappa shape index (κ3) is 3.30. The van der Waals surface area contributed by atoms with E-state index in [1.54, 1.807) is 0 Å². The summed E-state index contributed by atoms with van der Waals surface area (Å²) in [6.07, 6.45) is -2.16. The lowest BCUT2D eigenvalue weighted by atomic mass is 9.89. The Morgan fingerprint density at radius 1 is 1.35 bits per heavy atom. The van der Waals surface area contributed by atoms with E-state index in [0.717, 1.165) is 13.8 Å². The molecule has 1 saturated heterocycles. The number of amides is 2. The molecule has 2 rings (SSSR count). The lowest BCUT2D eigenvalue weighted by Gasteiger charge is -2.38. The zero-order valence-corrected chi connectivity index (χ0v) is 12.8. The van der Waals surface area contributed by atoms with Crippen LogP contribution in [0.3, 0.4) is 0 Å². The Balaban J connectivity index is 2.14. The van der Waals surface area contributed by atoms with Gasteiger partial charge in [0.15, 0.2) is 0 Å². The number of piperidine rings is 1. The highest BCUT2D eigenvalue weighted by atomic mass is 19.4. The second-order valence-corrected chi connectivity index (χ2v) is 6.08. The molecule has 0 saturated carbocycles. The van der Waals surface area contributed by atoms with Crippen LogP contribution in [0.25, 0.3) is 0 Å². The van der Waals surface area contributed by atoms with Gasteiger partial charge in [0.2, 0.25) is 11.7 Å². The standard InChI is InChI=1S/C13H18F3N5O2/c1-12(2,13(14,15)16)11(23)20-5-3-4-8(6-20)21-7-18-10(19-21)9(17)22/h7-8H,3-6H2,1-2H3,(H2,17,22). The molecule has 0 bridgehead atoms. The summed E-state index contributed by atoms with van der Waals surface area (Å²) in [6, 6.07) is -0.336. The third-order valence-electron chi connectivity index (χ3n) is 4.03. The van der Waals surface area contributed by atoms with Crippen LogP contribution in [0.15, 0.2) is 6.33 Å². The molecule has 2 N–H and O–H groups in total. The number of hydrogen-bond acceptors (Lipinski definition) is 4. The molecule has 128 valence electrons. The SMILES string of the molecule is CC(C)(C(=O)N1CCCC(n2cnc(C(N)=O)n2)C1)C(F)(F)F. The Bertz CT molecular complexity index is 611. The van der Waals surface area contributed by atoms with Crippen molar-refractivity contribution in [1.82, 2.24) is 19.7 Å². The van der Waals surface area contributed by atoms with Crippen LogP contribution < -0.4 is 5.73 Å². The maximum atomic E-state index is 13.0. The van der Waals surface area contributed by atoms with Crippen LogP contribution in [0.5, 0.6) is 0 Å². The number of carbonyl (C=O) groups excluding carboxylic acids is 2.